The molecule has 0 spiro atoms. The Bertz CT molecular complexity index is 358. The molecule has 76 valence electrons. The van der Waals surface area contributed by atoms with Crippen molar-refractivity contribution < 1.29 is 5.11 Å². The van der Waals surface area contributed by atoms with Gasteiger partial charge in [-0.1, -0.05) is 30.7 Å². The van der Waals surface area contributed by atoms with Gasteiger partial charge in [-0.2, -0.15) is 11.3 Å². The second kappa shape index (κ2) is 3.69. The van der Waals surface area contributed by atoms with Crippen molar-refractivity contribution >= 4 is 22.9 Å². The van der Waals surface area contributed by atoms with Crippen molar-refractivity contribution in [2.45, 2.75) is 25.4 Å². The summed E-state index contributed by atoms with van der Waals surface area (Å²) in [5, 5.41) is 14.8. The SMILES string of the molecule is CC1C=CC(O)(c2cscc2Cl)CC1. The van der Waals surface area contributed by atoms with Gasteiger partial charge in [0.25, 0.3) is 0 Å². The molecule has 1 aromatic heterocycles. The van der Waals surface area contributed by atoms with Gasteiger partial charge in [0.05, 0.1) is 5.02 Å². The summed E-state index contributed by atoms with van der Waals surface area (Å²) in [7, 11) is 0. The van der Waals surface area contributed by atoms with E-state index in [9.17, 15) is 5.11 Å². The molecule has 3 heteroatoms. The Morgan fingerprint density at radius 1 is 1.57 bits per heavy atom. The van der Waals surface area contributed by atoms with Crippen LogP contribution in [0.5, 0.6) is 0 Å². The average molecular weight is 229 g/mol. The lowest BCUT2D eigenvalue weighted by molar-refractivity contribution is 0.0679. The predicted molar refractivity (Wildman–Crippen MR) is 60.8 cm³/mol. The average Bonchev–Trinajstić information content (AvgIpc) is 2.58. The molecule has 1 nitrogen and oxygen atoms in total. The molecular formula is C11H13ClOS. The number of hydrogen-bond donors (Lipinski definition) is 1. The summed E-state index contributed by atoms with van der Waals surface area (Å²) in [6, 6.07) is 0. The zero-order chi connectivity index (χ0) is 10.2. The lowest BCUT2D eigenvalue weighted by Gasteiger charge is -2.29. The summed E-state index contributed by atoms with van der Waals surface area (Å²) in [5.41, 5.74) is 0.0242. The summed E-state index contributed by atoms with van der Waals surface area (Å²) in [6.07, 6.45) is 5.73. The molecule has 0 aromatic carbocycles. The van der Waals surface area contributed by atoms with Gasteiger partial charge in [-0.25, -0.2) is 0 Å². The van der Waals surface area contributed by atoms with Crippen LogP contribution in [0.4, 0.5) is 0 Å². The van der Waals surface area contributed by atoms with Gasteiger partial charge in [0.1, 0.15) is 5.60 Å². The highest BCUT2D eigenvalue weighted by Gasteiger charge is 2.31. The second-order valence-electron chi connectivity index (χ2n) is 3.93. The molecule has 2 rings (SSSR count). The van der Waals surface area contributed by atoms with Crippen molar-refractivity contribution in [1.29, 1.82) is 0 Å². The summed E-state index contributed by atoms with van der Waals surface area (Å²) >= 11 is 7.55. The third-order valence-electron chi connectivity index (χ3n) is 2.76. The lowest BCUT2D eigenvalue weighted by atomic mass is 9.82. The van der Waals surface area contributed by atoms with Gasteiger partial charge in [0.15, 0.2) is 0 Å². The van der Waals surface area contributed by atoms with E-state index in [1.165, 1.54) is 11.3 Å². The highest BCUT2D eigenvalue weighted by molar-refractivity contribution is 7.08. The minimum atomic E-state index is -0.830. The molecule has 0 aliphatic heterocycles. The van der Waals surface area contributed by atoms with E-state index in [4.69, 9.17) is 11.6 Å². The van der Waals surface area contributed by atoms with Crippen molar-refractivity contribution in [3.05, 3.63) is 33.5 Å². The monoisotopic (exact) mass is 228 g/mol. The first-order valence-corrected chi connectivity index (χ1v) is 6.08. The third-order valence-corrected chi connectivity index (χ3v) is 3.95. The molecule has 0 saturated carbocycles. The molecular weight excluding hydrogens is 216 g/mol. The summed E-state index contributed by atoms with van der Waals surface area (Å²) in [4.78, 5) is 0. The first-order chi connectivity index (χ1) is 6.62. The van der Waals surface area contributed by atoms with E-state index >= 15 is 0 Å². The highest BCUT2D eigenvalue weighted by atomic mass is 35.5. The normalized spacial score (nSPS) is 32.1. The smallest absolute Gasteiger partial charge is 0.110 e. The van der Waals surface area contributed by atoms with Crippen LogP contribution in [0, 0.1) is 5.92 Å². The van der Waals surface area contributed by atoms with E-state index in [0.717, 1.165) is 18.4 Å². The standard InChI is InChI=1S/C11H13ClOS/c1-8-2-4-11(13,5-3-8)9-6-14-7-10(9)12/h2,4,6-8,13H,3,5H2,1H3. The summed E-state index contributed by atoms with van der Waals surface area (Å²) < 4.78 is 0. The van der Waals surface area contributed by atoms with Crippen molar-refractivity contribution in [1.82, 2.24) is 0 Å². The number of allylic oxidation sites excluding steroid dienone is 1. The first kappa shape index (κ1) is 10.2. The van der Waals surface area contributed by atoms with Gasteiger partial charge in [-0.05, 0) is 24.1 Å². The number of hydrogen-bond acceptors (Lipinski definition) is 2. The second-order valence-corrected chi connectivity index (χ2v) is 5.08. The molecule has 0 amide bonds. The topological polar surface area (TPSA) is 20.2 Å². The zero-order valence-electron chi connectivity index (χ0n) is 8.03. The van der Waals surface area contributed by atoms with Gasteiger partial charge in [-0.15, -0.1) is 0 Å². The maximum absolute atomic E-state index is 10.4. The predicted octanol–water partition coefficient (Wildman–Crippen LogP) is 3.58. The Morgan fingerprint density at radius 2 is 2.36 bits per heavy atom. The number of halogens is 1. The molecule has 0 saturated heterocycles. The van der Waals surface area contributed by atoms with E-state index in [2.05, 4.69) is 13.0 Å². The molecule has 1 heterocycles. The maximum atomic E-state index is 10.4. The van der Waals surface area contributed by atoms with E-state index in [1.54, 1.807) is 0 Å². The van der Waals surface area contributed by atoms with Crippen LogP contribution < -0.4 is 0 Å². The molecule has 2 unspecified atom stereocenters. The van der Waals surface area contributed by atoms with Crippen LogP contribution in [-0.2, 0) is 5.60 Å². The van der Waals surface area contributed by atoms with Crippen LogP contribution in [-0.4, -0.2) is 5.11 Å². The molecule has 1 aromatic rings. The van der Waals surface area contributed by atoms with Crippen LogP contribution in [0.15, 0.2) is 22.9 Å². The van der Waals surface area contributed by atoms with Gasteiger partial charge < -0.3 is 5.11 Å². The first-order valence-electron chi connectivity index (χ1n) is 4.76. The fourth-order valence-electron chi connectivity index (χ4n) is 1.77. The number of rotatable bonds is 1. The third kappa shape index (κ3) is 1.74. The minimum absolute atomic E-state index is 0.563. The summed E-state index contributed by atoms with van der Waals surface area (Å²) in [6.45, 7) is 2.16. The van der Waals surface area contributed by atoms with Gasteiger partial charge in [0, 0.05) is 10.9 Å². The highest BCUT2D eigenvalue weighted by Crippen LogP contribution is 2.39. The van der Waals surface area contributed by atoms with Crippen molar-refractivity contribution in [2.75, 3.05) is 0 Å². The Hall–Kier alpha value is -0.310. The molecule has 1 N–H and O–H groups in total. The van der Waals surface area contributed by atoms with Gasteiger partial charge in [0.2, 0.25) is 0 Å². The molecule has 1 aliphatic rings. The fraction of sp³-hybridized carbons (Fsp3) is 0.455. The molecule has 0 bridgehead atoms. The van der Waals surface area contributed by atoms with Crippen LogP contribution >= 0.6 is 22.9 Å². The van der Waals surface area contributed by atoms with Crippen molar-refractivity contribution in [3.8, 4) is 0 Å². The Balaban J connectivity index is 2.34. The molecule has 1 aliphatic carbocycles. The van der Waals surface area contributed by atoms with Crippen LogP contribution in [0.25, 0.3) is 0 Å². The maximum Gasteiger partial charge on any atom is 0.110 e. The molecule has 2 atom stereocenters. The van der Waals surface area contributed by atoms with Gasteiger partial charge in [-0.3, -0.25) is 0 Å². The quantitative estimate of drug-likeness (QED) is 0.729. The number of thiophene rings is 1. The Labute approximate surface area is 93.0 Å². The summed E-state index contributed by atoms with van der Waals surface area (Å²) in [5.74, 6) is 0.563. The van der Waals surface area contributed by atoms with Crippen LogP contribution in [0.1, 0.15) is 25.3 Å². The van der Waals surface area contributed by atoms with E-state index < -0.39 is 5.60 Å². The molecule has 0 radical (unpaired) electrons. The lowest BCUT2D eigenvalue weighted by Crippen LogP contribution is -2.26. The Morgan fingerprint density at radius 3 is 2.86 bits per heavy atom. The largest absolute Gasteiger partial charge is 0.381 e. The van der Waals surface area contributed by atoms with E-state index in [1.807, 2.05) is 16.8 Å². The zero-order valence-corrected chi connectivity index (χ0v) is 9.61. The van der Waals surface area contributed by atoms with E-state index in [0.29, 0.717) is 10.9 Å². The van der Waals surface area contributed by atoms with Crippen LogP contribution in [0.3, 0.4) is 0 Å². The molecule has 0 fully saturated rings. The fourth-order valence-corrected chi connectivity index (χ4v) is 2.98. The number of aliphatic hydroxyl groups is 1. The van der Waals surface area contributed by atoms with Crippen molar-refractivity contribution in [2.24, 2.45) is 5.92 Å². The Kier molecular flexibility index (Phi) is 2.69. The van der Waals surface area contributed by atoms with Crippen LogP contribution in [0.2, 0.25) is 5.02 Å². The van der Waals surface area contributed by atoms with Gasteiger partial charge >= 0.3 is 0 Å². The molecule has 14 heavy (non-hydrogen) atoms. The minimum Gasteiger partial charge on any atom is -0.381 e. The van der Waals surface area contributed by atoms with E-state index in [-0.39, 0.29) is 0 Å². The van der Waals surface area contributed by atoms with Crippen molar-refractivity contribution in [3.63, 3.8) is 0 Å².